The van der Waals surface area contributed by atoms with Crippen molar-refractivity contribution in [3.8, 4) is 0 Å². The summed E-state index contributed by atoms with van der Waals surface area (Å²) in [6, 6.07) is 7.64. The predicted molar refractivity (Wildman–Crippen MR) is 118 cm³/mol. The Kier molecular flexibility index (Phi) is 10.3. The summed E-state index contributed by atoms with van der Waals surface area (Å²) in [6.07, 6.45) is 1.20. The number of hydrogen-bond acceptors (Lipinski definition) is 3. The summed E-state index contributed by atoms with van der Waals surface area (Å²) >= 11 is 2.06. The van der Waals surface area contributed by atoms with Crippen LogP contribution in [0.25, 0.3) is 0 Å². The van der Waals surface area contributed by atoms with Gasteiger partial charge in [-0.15, -0.1) is 24.0 Å². The van der Waals surface area contributed by atoms with Crippen molar-refractivity contribution in [1.82, 2.24) is 15.5 Å². The first-order chi connectivity index (χ1) is 11.7. The molecule has 1 aromatic rings. The van der Waals surface area contributed by atoms with Crippen LogP contribution in [0.5, 0.6) is 0 Å². The van der Waals surface area contributed by atoms with Gasteiger partial charge in [-0.1, -0.05) is 19.1 Å². The molecule has 25 heavy (non-hydrogen) atoms. The van der Waals surface area contributed by atoms with E-state index in [1.165, 1.54) is 6.42 Å². The molecule has 5 nitrogen and oxygen atoms in total. The zero-order valence-electron chi connectivity index (χ0n) is 15.2. The smallest absolute Gasteiger partial charge is 0.251 e. The topological polar surface area (TPSA) is 56.7 Å². The Balaban J connectivity index is 0.00000312. The first kappa shape index (κ1) is 22.1. The number of nitrogens with one attached hydrogen (secondary N) is 2. The Morgan fingerprint density at radius 1 is 1.32 bits per heavy atom. The lowest BCUT2D eigenvalue weighted by Crippen LogP contribution is -2.48. The van der Waals surface area contributed by atoms with Crippen molar-refractivity contribution in [2.24, 2.45) is 4.99 Å². The van der Waals surface area contributed by atoms with Gasteiger partial charge in [0.25, 0.3) is 5.91 Å². The molecule has 0 spiro atoms. The number of carbonyl (C=O) groups is 1. The molecule has 1 fully saturated rings. The third kappa shape index (κ3) is 6.69. The molecule has 140 valence electrons. The van der Waals surface area contributed by atoms with Crippen LogP contribution < -0.4 is 10.6 Å². The lowest BCUT2D eigenvalue weighted by molar-refractivity contribution is 0.0963. The number of amides is 1. The van der Waals surface area contributed by atoms with Gasteiger partial charge in [0, 0.05) is 43.2 Å². The maximum atomic E-state index is 11.6. The average Bonchev–Trinajstić information content (AvgIpc) is 2.65. The van der Waals surface area contributed by atoms with Crippen LogP contribution in [0.15, 0.2) is 29.3 Å². The third-order valence-electron chi connectivity index (χ3n) is 4.08. The van der Waals surface area contributed by atoms with Crippen LogP contribution in [0.1, 0.15) is 36.2 Å². The van der Waals surface area contributed by atoms with Gasteiger partial charge < -0.3 is 15.5 Å². The maximum Gasteiger partial charge on any atom is 0.251 e. The molecule has 0 saturated carbocycles. The summed E-state index contributed by atoms with van der Waals surface area (Å²) in [5.74, 6) is 2.09. The minimum Gasteiger partial charge on any atom is -0.357 e. The molecule has 1 atom stereocenters. The second-order valence-corrected chi connectivity index (χ2v) is 7.20. The number of rotatable bonds is 5. The second kappa shape index (κ2) is 11.6. The quantitative estimate of drug-likeness (QED) is 0.390. The van der Waals surface area contributed by atoms with Crippen LogP contribution >= 0.6 is 35.7 Å². The van der Waals surface area contributed by atoms with Crippen LogP contribution in [0.3, 0.4) is 0 Å². The SMILES string of the molecule is CCNC(=NCc1ccc(C(=O)NC)cc1)N1CCSC(CC)C1.I. The summed E-state index contributed by atoms with van der Waals surface area (Å²) in [4.78, 5) is 18.7. The maximum absolute atomic E-state index is 11.6. The van der Waals surface area contributed by atoms with E-state index in [1.807, 2.05) is 24.3 Å². The number of hydrogen-bond donors (Lipinski definition) is 2. The molecule has 1 aliphatic heterocycles. The molecule has 7 heteroatoms. The van der Waals surface area contributed by atoms with Crippen molar-refractivity contribution in [2.75, 3.05) is 32.4 Å². The number of carbonyl (C=O) groups excluding carboxylic acids is 1. The molecule has 1 saturated heterocycles. The van der Waals surface area contributed by atoms with Gasteiger partial charge in [0.2, 0.25) is 0 Å². The highest BCUT2D eigenvalue weighted by atomic mass is 127. The van der Waals surface area contributed by atoms with Crippen molar-refractivity contribution in [3.63, 3.8) is 0 Å². The lowest BCUT2D eigenvalue weighted by atomic mass is 10.1. The Hall–Kier alpha value is -0.960. The van der Waals surface area contributed by atoms with Gasteiger partial charge in [0.1, 0.15) is 0 Å². The van der Waals surface area contributed by atoms with E-state index in [0.717, 1.165) is 36.9 Å². The average molecular weight is 476 g/mol. The minimum atomic E-state index is -0.0604. The predicted octanol–water partition coefficient (Wildman–Crippen LogP) is 2.96. The summed E-state index contributed by atoms with van der Waals surface area (Å²) < 4.78 is 0. The molecule has 2 N–H and O–H groups in total. The minimum absolute atomic E-state index is 0. The van der Waals surface area contributed by atoms with Gasteiger partial charge in [0.05, 0.1) is 6.54 Å². The summed E-state index contributed by atoms with van der Waals surface area (Å²) in [6.45, 7) is 7.94. The fourth-order valence-corrected chi connectivity index (χ4v) is 3.84. The van der Waals surface area contributed by atoms with E-state index in [0.29, 0.717) is 17.4 Å². The van der Waals surface area contributed by atoms with E-state index < -0.39 is 0 Å². The van der Waals surface area contributed by atoms with Crippen LogP contribution in [-0.2, 0) is 6.54 Å². The molecule has 0 radical (unpaired) electrons. The first-order valence-electron chi connectivity index (χ1n) is 8.63. The van der Waals surface area contributed by atoms with E-state index in [4.69, 9.17) is 4.99 Å². The van der Waals surface area contributed by atoms with Crippen LogP contribution in [0, 0.1) is 0 Å². The molecule has 0 bridgehead atoms. The van der Waals surface area contributed by atoms with Gasteiger partial charge in [-0.2, -0.15) is 11.8 Å². The first-order valence-corrected chi connectivity index (χ1v) is 9.68. The summed E-state index contributed by atoms with van der Waals surface area (Å²) in [5, 5.41) is 6.73. The highest BCUT2D eigenvalue weighted by Gasteiger charge is 2.21. The molecule has 1 amide bonds. The van der Waals surface area contributed by atoms with Crippen molar-refractivity contribution >= 4 is 47.6 Å². The fourth-order valence-electron chi connectivity index (χ4n) is 2.66. The van der Waals surface area contributed by atoms with E-state index in [2.05, 4.69) is 41.1 Å². The van der Waals surface area contributed by atoms with Gasteiger partial charge in [0.15, 0.2) is 5.96 Å². The molecular formula is C18H29IN4OS. The van der Waals surface area contributed by atoms with Gasteiger partial charge in [-0.25, -0.2) is 4.99 Å². The molecule has 2 rings (SSSR count). The molecule has 0 aliphatic carbocycles. The van der Waals surface area contributed by atoms with E-state index >= 15 is 0 Å². The van der Waals surface area contributed by atoms with Gasteiger partial charge in [-0.3, -0.25) is 4.79 Å². The number of nitrogens with zero attached hydrogens (tertiary/aromatic N) is 2. The molecule has 0 aromatic heterocycles. The second-order valence-electron chi connectivity index (χ2n) is 5.79. The molecule has 1 aliphatic rings. The number of halogens is 1. The van der Waals surface area contributed by atoms with E-state index in [9.17, 15) is 4.79 Å². The zero-order valence-corrected chi connectivity index (χ0v) is 18.4. The van der Waals surface area contributed by atoms with Crippen molar-refractivity contribution in [3.05, 3.63) is 35.4 Å². The van der Waals surface area contributed by atoms with Crippen molar-refractivity contribution < 1.29 is 4.79 Å². The zero-order chi connectivity index (χ0) is 17.4. The number of thioether (sulfide) groups is 1. The Labute approximate surface area is 172 Å². The lowest BCUT2D eigenvalue weighted by Gasteiger charge is -2.34. The third-order valence-corrected chi connectivity index (χ3v) is 5.46. The Bertz CT molecular complexity index is 565. The van der Waals surface area contributed by atoms with Crippen LogP contribution in [0.4, 0.5) is 0 Å². The molecule has 1 aromatic carbocycles. The van der Waals surface area contributed by atoms with Crippen molar-refractivity contribution in [1.29, 1.82) is 0 Å². The number of benzene rings is 1. The van der Waals surface area contributed by atoms with E-state index in [-0.39, 0.29) is 29.9 Å². The standard InChI is InChI=1S/C18H28N4OS.HI/c1-4-16-13-22(10-11-24-16)18(20-5-2)21-12-14-6-8-15(9-7-14)17(23)19-3;/h6-9,16H,4-5,10-13H2,1-3H3,(H,19,23)(H,20,21);1H. The molecular weight excluding hydrogens is 447 g/mol. The Morgan fingerprint density at radius 2 is 2.04 bits per heavy atom. The number of guanidine groups is 1. The largest absolute Gasteiger partial charge is 0.357 e. The Morgan fingerprint density at radius 3 is 2.64 bits per heavy atom. The highest BCUT2D eigenvalue weighted by molar-refractivity contribution is 14.0. The van der Waals surface area contributed by atoms with Crippen molar-refractivity contribution in [2.45, 2.75) is 32.1 Å². The highest BCUT2D eigenvalue weighted by Crippen LogP contribution is 2.21. The molecule has 1 unspecified atom stereocenters. The van der Waals surface area contributed by atoms with Gasteiger partial charge in [-0.05, 0) is 31.0 Å². The van der Waals surface area contributed by atoms with Crippen LogP contribution in [-0.4, -0.2) is 54.5 Å². The molecule has 1 heterocycles. The van der Waals surface area contributed by atoms with Crippen LogP contribution in [0.2, 0.25) is 0 Å². The number of aliphatic imine (C=N–C) groups is 1. The fraction of sp³-hybridized carbons (Fsp3) is 0.556. The summed E-state index contributed by atoms with van der Waals surface area (Å²) in [7, 11) is 1.64. The summed E-state index contributed by atoms with van der Waals surface area (Å²) in [5.41, 5.74) is 1.78. The van der Waals surface area contributed by atoms with E-state index in [1.54, 1.807) is 7.05 Å². The monoisotopic (exact) mass is 476 g/mol. The van der Waals surface area contributed by atoms with Gasteiger partial charge >= 0.3 is 0 Å². The normalized spacial score (nSPS) is 17.6.